The number of methoxy groups -OCH3 is 1. The summed E-state index contributed by atoms with van der Waals surface area (Å²) in [6, 6.07) is 14.2. The van der Waals surface area contributed by atoms with Gasteiger partial charge in [0.2, 0.25) is 10.0 Å². The predicted molar refractivity (Wildman–Crippen MR) is 123 cm³/mol. The van der Waals surface area contributed by atoms with Gasteiger partial charge in [0.15, 0.2) is 5.11 Å². The summed E-state index contributed by atoms with van der Waals surface area (Å²) in [5, 5.41) is 3.85. The fourth-order valence-electron chi connectivity index (χ4n) is 3.65. The second-order valence-electron chi connectivity index (χ2n) is 7.20. The number of hydrogen-bond acceptors (Lipinski definition) is 6. The lowest BCUT2D eigenvalue weighted by Gasteiger charge is -2.26. The molecule has 1 aromatic carbocycles. The van der Waals surface area contributed by atoms with E-state index in [-0.39, 0.29) is 12.1 Å². The van der Waals surface area contributed by atoms with Gasteiger partial charge in [-0.15, -0.1) is 0 Å². The molecule has 0 amide bonds. The second kappa shape index (κ2) is 8.20. The maximum atomic E-state index is 11.7. The van der Waals surface area contributed by atoms with E-state index in [0.29, 0.717) is 16.5 Å². The number of nitrogens with one attached hydrogen (secondary N) is 2. The van der Waals surface area contributed by atoms with Crippen LogP contribution in [-0.2, 0) is 10.0 Å². The Balaban J connectivity index is 1.79. The standard InChI is InChI=1S/C21H22N4O4S2/c1-13-7-10-17(29-13)20-19(16-6-4-5-11-22-16)23-21(30)25(20)14-8-9-15(18(12-14)28-2)24-31(3,26)27/h4-12,19-20,24H,1-3H3,(H,23,30)/t19-,20-/m1/s1. The highest BCUT2D eigenvalue weighted by Crippen LogP contribution is 2.43. The smallest absolute Gasteiger partial charge is 0.229 e. The van der Waals surface area contributed by atoms with Crippen LogP contribution < -0.4 is 19.7 Å². The second-order valence-corrected chi connectivity index (χ2v) is 9.34. The highest BCUT2D eigenvalue weighted by Gasteiger charge is 2.42. The Morgan fingerprint density at radius 2 is 2.03 bits per heavy atom. The van der Waals surface area contributed by atoms with Crippen LogP contribution in [0.4, 0.5) is 11.4 Å². The molecule has 2 atom stereocenters. The van der Waals surface area contributed by atoms with Gasteiger partial charge in [0.25, 0.3) is 0 Å². The number of pyridine rings is 1. The van der Waals surface area contributed by atoms with Crippen molar-refractivity contribution in [3.05, 3.63) is 71.9 Å². The van der Waals surface area contributed by atoms with Crippen molar-refractivity contribution in [1.82, 2.24) is 10.3 Å². The number of furan rings is 1. The number of rotatable bonds is 6. The van der Waals surface area contributed by atoms with Gasteiger partial charge >= 0.3 is 0 Å². The Hall–Kier alpha value is -3.11. The summed E-state index contributed by atoms with van der Waals surface area (Å²) in [5.41, 5.74) is 1.90. The van der Waals surface area contributed by atoms with Crippen molar-refractivity contribution < 1.29 is 17.6 Å². The number of anilines is 2. The summed E-state index contributed by atoms with van der Waals surface area (Å²) in [7, 11) is -1.97. The van der Waals surface area contributed by atoms with E-state index in [1.807, 2.05) is 42.2 Å². The molecule has 0 saturated carbocycles. The number of aryl methyl sites for hydroxylation is 1. The minimum Gasteiger partial charge on any atom is -0.494 e. The Morgan fingerprint density at radius 1 is 1.23 bits per heavy atom. The molecule has 2 N–H and O–H groups in total. The third-order valence-corrected chi connectivity index (χ3v) is 5.81. The Kier molecular flexibility index (Phi) is 5.59. The summed E-state index contributed by atoms with van der Waals surface area (Å²) in [6.45, 7) is 1.89. The first-order valence-corrected chi connectivity index (χ1v) is 11.8. The lowest BCUT2D eigenvalue weighted by molar-refractivity contribution is 0.413. The van der Waals surface area contributed by atoms with Gasteiger partial charge in [0.05, 0.1) is 30.8 Å². The van der Waals surface area contributed by atoms with Crippen LogP contribution in [-0.4, -0.2) is 31.9 Å². The highest BCUT2D eigenvalue weighted by atomic mass is 32.2. The zero-order valence-corrected chi connectivity index (χ0v) is 18.8. The third-order valence-electron chi connectivity index (χ3n) is 4.91. The van der Waals surface area contributed by atoms with Crippen molar-refractivity contribution >= 4 is 38.7 Å². The van der Waals surface area contributed by atoms with E-state index in [2.05, 4.69) is 15.0 Å². The van der Waals surface area contributed by atoms with E-state index in [0.717, 1.165) is 29.2 Å². The summed E-state index contributed by atoms with van der Waals surface area (Å²) in [5.74, 6) is 1.90. The molecule has 0 spiro atoms. The molecular formula is C21H22N4O4S2. The van der Waals surface area contributed by atoms with E-state index in [1.165, 1.54) is 7.11 Å². The van der Waals surface area contributed by atoms with Gasteiger partial charge in [0.1, 0.15) is 23.3 Å². The van der Waals surface area contributed by atoms with E-state index in [9.17, 15) is 8.42 Å². The lowest BCUT2D eigenvalue weighted by atomic mass is 10.0. The quantitative estimate of drug-likeness (QED) is 0.542. The van der Waals surface area contributed by atoms with E-state index >= 15 is 0 Å². The van der Waals surface area contributed by atoms with E-state index in [1.54, 1.807) is 24.4 Å². The minimum atomic E-state index is -3.45. The van der Waals surface area contributed by atoms with Gasteiger partial charge in [-0.2, -0.15) is 0 Å². The minimum absolute atomic E-state index is 0.237. The first kappa shape index (κ1) is 21.1. The lowest BCUT2D eigenvalue weighted by Crippen LogP contribution is -2.29. The van der Waals surface area contributed by atoms with Gasteiger partial charge in [-0.25, -0.2) is 8.42 Å². The van der Waals surface area contributed by atoms with Crippen molar-refractivity contribution in [2.45, 2.75) is 19.0 Å². The molecule has 10 heteroatoms. The fraction of sp³-hybridized carbons (Fsp3) is 0.238. The highest BCUT2D eigenvalue weighted by molar-refractivity contribution is 7.92. The van der Waals surface area contributed by atoms with Crippen LogP contribution in [0, 0.1) is 6.92 Å². The van der Waals surface area contributed by atoms with Gasteiger partial charge in [-0.1, -0.05) is 6.07 Å². The summed E-state index contributed by atoms with van der Waals surface area (Å²) >= 11 is 5.68. The summed E-state index contributed by atoms with van der Waals surface area (Å²) in [4.78, 5) is 6.43. The molecule has 31 heavy (non-hydrogen) atoms. The fourth-order valence-corrected chi connectivity index (χ4v) is 4.56. The topological polar surface area (TPSA) is 96.7 Å². The molecule has 3 heterocycles. The van der Waals surface area contributed by atoms with Crippen LogP contribution in [0.1, 0.15) is 29.3 Å². The number of benzene rings is 1. The molecular weight excluding hydrogens is 436 g/mol. The summed E-state index contributed by atoms with van der Waals surface area (Å²) in [6.07, 6.45) is 2.83. The van der Waals surface area contributed by atoms with Crippen LogP contribution in [0.25, 0.3) is 0 Å². The van der Waals surface area contributed by atoms with Crippen LogP contribution in [0.3, 0.4) is 0 Å². The molecule has 0 aliphatic carbocycles. The van der Waals surface area contributed by atoms with E-state index in [4.69, 9.17) is 21.4 Å². The number of aromatic nitrogens is 1. The zero-order valence-electron chi connectivity index (χ0n) is 17.2. The summed E-state index contributed by atoms with van der Waals surface area (Å²) < 4.78 is 37.2. The van der Waals surface area contributed by atoms with Crippen LogP contribution >= 0.6 is 12.2 Å². The molecule has 0 bridgehead atoms. The Labute approximate surface area is 186 Å². The number of nitrogens with zero attached hydrogens (tertiary/aromatic N) is 2. The van der Waals surface area contributed by atoms with Gasteiger partial charge in [-0.05, 0) is 55.5 Å². The number of sulfonamides is 1. The van der Waals surface area contributed by atoms with Crippen LogP contribution in [0.2, 0.25) is 0 Å². The SMILES string of the molecule is COc1cc(N2C(=S)N[C@H](c3ccccn3)[C@H]2c2ccc(C)o2)ccc1NS(C)(=O)=O. The maximum Gasteiger partial charge on any atom is 0.229 e. The predicted octanol–water partition coefficient (Wildman–Crippen LogP) is 3.54. The van der Waals surface area contributed by atoms with E-state index < -0.39 is 10.0 Å². The van der Waals surface area contributed by atoms with Gasteiger partial charge in [-0.3, -0.25) is 9.71 Å². The van der Waals surface area contributed by atoms with Gasteiger partial charge < -0.3 is 19.4 Å². The molecule has 1 aliphatic rings. The maximum absolute atomic E-state index is 11.7. The van der Waals surface area contributed by atoms with Crippen LogP contribution in [0.5, 0.6) is 5.75 Å². The zero-order chi connectivity index (χ0) is 22.2. The van der Waals surface area contributed by atoms with Crippen LogP contribution in [0.15, 0.2) is 59.1 Å². The largest absolute Gasteiger partial charge is 0.494 e. The van der Waals surface area contributed by atoms with Crippen molar-refractivity contribution in [3.8, 4) is 5.75 Å². The third kappa shape index (κ3) is 4.35. The van der Waals surface area contributed by atoms with Crippen molar-refractivity contribution in [2.75, 3.05) is 23.0 Å². The first-order valence-electron chi connectivity index (χ1n) is 9.49. The molecule has 3 aromatic rings. The molecule has 1 saturated heterocycles. The average Bonchev–Trinajstić information content (AvgIpc) is 3.30. The Morgan fingerprint density at radius 3 is 2.65 bits per heavy atom. The molecule has 0 unspecified atom stereocenters. The molecule has 4 rings (SSSR count). The molecule has 8 nitrogen and oxygen atoms in total. The molecule has 0 radical (unpaired) electrons. The van der Waals surface area contributed by atoms with Crippen molar-refractivity contribution in [3.63, 3.8) is 0 Å². The molecule has 1 aliphatic heterocycles. The first-order chi connectivity index (χ1) is 14.8. The normalized spacial score (nSPS) is 18.7. The molecule has 2 aromatic heterocycles. The monoisotopic (exact) mass is 458 g/mol. The number of hydrogen-bond donors (Lipinski definition) is 2. The number of ether oxygens (including phenoxy) is 1. The number of thiocarbonyl (C=S) groups is 1. The van der Waals surface area contributed by atoms with Crippen molar-refractivity contribution in [1.29, 1.82) is 0 Å². The van der Waals surface area contributed by atoms with Crippen molar-refractivity contribution in [2.24, 2.45) is 0 Å². The Bertz CT molecular complexity index is 1210. The van der Waals surface area contributed by atoms with Gasteiger partial charge in [0, 0.05) is 18.0 Å². The molecule has 162 valence electrons. The average molecular weight is 459 g/mol. The molecule has 1 fully saturated rings.